The fraction of sp³-hybridized carbons (Fsp3) is 0.273. The second-order valence-electron chi connectivity index (χ2n) is 3.74. The molecule has 2 N–H and O–H groups in total. The molecule has 90 valence electrons. The van der Waals surface area contributed by atoms with Crippen molar-refractivity contribution in [2.75, 3.05) is 18.0 Å². The molecule has 5 nitrogen and oxygen atoms in total. The molecule has 17 heavy (non-hydrogen) atoms. The highest BCUT2D eigenvalue weighted by atomic mass is 79.9. The van der Waals surface area contributed by atoms with E-state index in [-0.39, 0.29) is 11.6 Å². The Morgan fingerprint density at radius 1 is 1.41 bits per heavy atom. The highest BCUT2D eigenvalue weighted by molar-refractivity contribution is 9.10. The van der Waals surface area contributed by atoms with Gasteiger partial charge >= 0.3 is 12.0 Å². The van der Waals surface area contributed by atoms with E-state index in [9.17, 15) is 9.59 Å². The van der Waals surface area contributed by atoms with Crippen LogP contribution in [0.4, 0.5) is 10.5 Å². The van der Waals surface area contributed by atoms with Crippen LogP contribution in [-0.4, -0.2) is 30.2 Å². The van der Waals surface area contributed by atoms with Crippen molar-refractivity contribution in [3.63, 3.8) is 0 Å². The van der Waals surface area contributed by atoms with Gasteiger partial charge in [-0.3, -0.25) is 4.90 Å². The second-order valence-corrected chi connectivity index (χ2v) is 4.66. The molecule has 1 fully saturated rings. The third-order valence-electron chi connectivity index (χ3n) is 2.52. The minimum absolute atomic E-state index is 0.160. The number of benzene rings is 1. The summed E-state index contributed by atoms with van der Waals surface area (Å²) in [5, 5.41) is 11.7. The zero-order chi connectivity index (χ0) is 12.4. The van der Waals surface area contributed by atoms with Crippen LogP contribution in [-0.2, 0) is 0 Å². The van der Waals surface area contributed by atoms with Crippen LogP contribution in [0, 0.1) is 0 Å². The van der Waals surface area contributed by atoms with Gasteiger partial charge in [0.1, 0.15) is 0 Å². The number of halogens is 1. The molecule has 0 spiro atoms. The Labute approximate surface area is 107 Å². The summed E-state index contributed by atoms with van der Waals surface area (Å²) >= 11 is 3.25. The van der Waals surface area contributed by atoms with Crippen molar-refractivity contribution in [3.05, 3.63) is 28.2 Å². The zero-order valence-corrected chi connectivity index (χ0v) is 10.5. The number of carboxylic acid groups (broad SMARTS) is 1. The molecule has 1 saturated heterocycles. The summed E-state index contributed by atoms with van der Waals surface area (Å²) in [6, 6.07) is 4.55. The maximum absolute atomic E-state index is 11.6. The molecule has 0 saturated carbocycles. The fourth-order valence-electron chi connectivity index (χ4n) is 1.73. The maximum atomic E-state index is 11.6. The molecule has 1 heterocycles. The Bertz CT molecular complexity index is 476. The predicted molar refractivity (Wildman–Crippen MR) is 66.5 cm³/mol. The molecule has 2 amide bonds. The van der Waals surface area contributed by atoms with E-state index in [2.05, 4.69) is 21.2 Å². The van der Waals surface area contributed by atoms with Crippen LogP contribution in [0.3, 0.4) is 0 Å². The van der Waals surface area contributed by atoms with Crippen molar-refractivity contribution < 1.29 is 14.7 Å². The molecule has 1 aliphatic heterocycles. The summed E-state index contributed by atoms with van der Waals surface area (Å²) in [5.74, 6) is -1.01. The summed E-state index contributed by atoms with van der Waals surface area (Å²) in [7, 11) is 0. The molecular formula is C11H11BrN2O3. The maximum Gasteiger partial charge on any atom is 0.335 e. The number of carboxylic acids is 1. The van der Waals surface area contributed by atoms with Gasteiger partial charge in [-0.2, -0.15) is 0 Å². The largest absolute Gasteiger partial charge is 0.478 e. The van der Waals surface area contributed by atoms with Gasteiger partial charge in [0.15, 0.2) is 0 Å². The van der Waals surface area contributed by atoms with E-state index in [1.807, 2.05) is 0 Å². The van der Waals surface area contributed by atoms with E-state index in [0.29, 0.717) is 23.2 Å². The minimum Gasteiger partial charge on any atom is -0.478 e. The van der Waals surface area contributed by atoms with E-state index < -0.39 is 5.97 Å². The van der Waals surface area contributed by atoms with E-state index in [4.69, 9.17) is 5.11 Å². The molecule has 2 rings (SSSR count). The van der Waals surface area contributed by atoms with Gasteiger partial charge < -0.3 is 10.4 Å². The molecule has 0 aliphatic carbocycles. The normalized spacial score (nSPS) is 15.6. The molecule has 0 aromatic heterocycles. The van der Waals surface area contributed by atoms with Crippen LogP contribution in [0.1, 0.15) is 16.8 Å². The number of rotatable bonds is 2. The lowest BCUT2D eigenvalue weighted by atomic mass is 10.1. The van der Waals surface area contributed by atoms with Gasteiger partial charge in [0, 0.05) is 23.2 Å². The molecule has 1 aliphatic rings. The number of carbonyl (C=O) groups is 2. The Hall–Kier alpha value is -1.56. The first-order valence-corrected chi connectivity index (χ1v) is 5.96. The number of amides is 2. The van der Waals surface area contributed by atoms with Gasteiger partial charge in [-0.05, 0) is 24.6 Å². The highest BCUT2D eigenvalue weighted by Gasteiger charge is 2.20. The Morgan fingerprint density at radius 3 is 2.82 bits per heavy atom. The van der Waals surface area contributed by atoms with E-state index in [0.717, 1.165) is 6.42 Å². The molecule has 1 aromatic rings. The lowest BCUT2D eigenvalue weighted by Gasteiger charge is -2.27. The lowest BCUT2D eigenvalue weighted by Crippen LogP contribution is -2.46. The van der Waals surface area contributed by atoms with Crippen molar-refractivity contribution in [2.45, 2.75) is 6.42 Å². The van der Waals surface area contributed by atoms with Gasteiger partial charge in [-0.1, -0.05) is 15.9 Å². The first kappa shape index (κ1) is 11.9. The number of aromatic carboxylic acids is 1. The smallest absolute Gasteiger partial charge is 0.335 e. The number of nitrogens with one attached hydrogen (secondary N) is 1. The Balaban J connectivity index is 2.37. The van der Waals surface area contributed by atoms with Crippen LogP contribution in [0.25, 0.3) is 0 Å². The molecule has 0 radical (unpaired) electrons. The summed E-state index contributed by atoms with van der Waals surface area (Å²) in [5.41, 5.74) is 0.752. The third kappa shape index (κ3) is 2.58. The van der Waals surface area contributed by atoms with Crippen molar-refractivity contribution in [1.29, 1.82) is 0 Å². The van der Waals surface area contributed by atoms with Gasteiger partial charge in [0.2, 0.25) is 0 Å². The van der Waals surface area contributed by atoms with Crippen LogP contribution < -0.4 is 10.2 Å². The summed E-state index contributed by atoms with van der Waals surface area (Å²) in [4.78, 5) is 24.1. The number of anilines is 1. The Morgan fingerprint density at radius 2 is 2.18 bits per heavy atom. The van der Waals surface area contributed by atoms with Crippen molar-refractivity contribution in [2.24, 2.45) is 0 Å². The summed E-state index contributed by atoms with van der Waals surface area (Å²) in [6.07, 6.45) is 0.848. The number of hydrogen-bond donors (Lipinski definition) is 2. The van der Waals surface area contributed by atoms with Gasteiger partial charge in [-0.15, -0.1) is 0 Å². The van der Waals surface area contributed by atoms with Crippen LogP contribution in [0.5, 0.6) is 0 Å². The average molecular weight is 299 g/mol. The van der Waals surface area contributed by atoms with E-state index in [1.165, 1.54) is 12.1 Å². The predicted octanol–water partition coefficient (Wildman–Crippen LogP) is 2.07. The van der Waals surface area contributed by atoms with Crippen LogP contribution in [0.15, 0.2) is 22.7 Å². The fourth-order valence-corrected chi connectivity index (χ4v) is 2.21. The quantitative estimate of drug-likeness (QED) is 0.878. The second kappa shape index (κ2) is 4.75. The first-order chi connectivity index (χ1) is 8.08. The molecule has 0 atom stereocenters. The van der Waals surface area contributed by atoms with Crippen LogP contribution >= 0.6 is 15.9 Å². The Kier molecular flexibility index (Phi) is 3.33. The van der Waals surface area contributed by atoms with Crippen molar-refractivity contribution >= 4 is 33.6 Å². The standard InChI is InChI=1S/C11H11BrN2O3/c12-8-4-7(10(15)16)5-9(6-8)14-3-1-2-13-11(14)17/h4-6H,1-3H2,(H,13,17)(H,15,16). The number of hydrogen-bond acceptors (Lipinski definition) is 2. The van der Waals surface area contributed by atoms with Gasteiger partial charge in [-0.25, -0.2) is 9.59 Å². The topological polar surface area (TPSA) is 69.6 Å². The van der Waals surface area contributed by atoms with E-state index >= 15 is 0 Å². The van der Waals surface area contributed by atoms with Crippen molar-refractivity contribution in [1.82, 2.24) is 5.32 Å². The molecule has 1 aromatic carbocycles. The number of carbonyl (C=O) groups excluding carboxylic acids is 1. The summed E-state index contributed by atoms with van der Waals surface area (Å²) in [6.45, 7) is 1.26. The SMILES string of the molecule is O=C(O)c1cc(Br)cc(N2CCCNC2=O)c1. The third-order valence-corrected chi connectivity index (χ3v) is 2.98. The minimum atomic E-state index is -1.01. The monoisotopic (exact) mass is 298 g/mol. The molecular weight excluding hydrogens is 288 g/mol. The zero-order valence-electron chi connectivity index (χ0n) is 8.94. The van der Waals surface area contributed by atoms with E-state index in [1.54, 1.807) is 11.0 Å². The summed E-state index contributed by atoms with van der Waals surface area (Å²) < 4.78 is 0.644. The van der Waals surface area contributed by atoms with Gasteiger partial charge in [0.25, 0.3) is 0 Å². The molecule has 0 bridgehead atoms. The average Bonchev–Trinajstić information content (AvgIpc) is 2.28. The molecule has 6 heteroatoms. The molecule has 0 unspecified atom stereocenters. The highest BCUT2D eigenvalue weighted by Crippen LogP contribution is 2.24. The van der Waals surface area contributed by atoms with Crippen LogP contribution in [0.2, 0.25) is 0 Å². The number of nitrogens with zero attached hydrogens (tertiary/aromatic N) is 1. The lowest BCUT2D eigenvalue weighted by molar-refractivity contribution is 0.0696. The van der Waals surface area contributed by atoms with Gasteiger partial charge in [0.05, 0.1) is 5.56 Å². The number of urea groups is 1. The van der Waals surface area contributed by atoms with Crippen molar-refractivity contribution in [3.8, 4) is 0 Å². The first-order valence-electron chi connectivity index (χ1n) is 5.17.